The Morgan fingerprint density at radius 1 is 1.36 bits per heavy atom. The SMILES string of the molecule is CC(=O)Nc1c[c]c2ccccc2c1. The van der Waals surface area contributed by atoms with Crippen LogP contribution in [0.4, 0.5) is 5.69 Å². The number of benzene rings is 2. The van der Waals surface area contributed by atoms with E-state index in [1.165, 1.54) is 6.92 Å². The largest absolute Gasteiger partial charge is 0.326 e. The second-order valence-corrected chi connectivity index (χ2v) is 3.16. The van der Waals surface area contributed by atoms with Gasteiger partial charge in [-0.3, -0.25) is 4.79 Å². The lowest BCUT2D eigenvalue weighted by molar-refractivity contribution is -0.114. The number of anilines is 1. The van der Waals surface area contributed by atoms with Crippen LogP contribution in [0.3, 0.4) is 0 Å². The highest BCUT2D eigenvalue weighted by Gasteiger charge is 1.97. The predicted molar refractivity (Wildman–Crippen MR) is 57.1 cm³/mol. The van der Waals surface area contributed by atoms with Crippen molar-refractivity contribution < 1.29 is 4.79 Å². The van der Waals surface area contributed by atoms with Crippen LogP contribution >= 0.6 is 0 Å². The molecule has 2 heteroatoms. The van der Waals surface area contributed by atoms with Gasteiger partial charge in [-0.1, -0.05) is 24.3 Å². The van der Waals surface area contributed by atoms with Crippen molar-refractivity contribution in [2.24, 2.45) is 0 Å². The third kappa shape index (κ3) is 1.74. The summed E-state index contributed by atoms with van der Waals surface area (Å²) in [5.41, 5.74) is 0.788. The summed E-state index contributed by atoms with van der Waals surface area (Å²) in [5.74, 6) is -0.0614. The van der Waals surface area contributed by atoms with Crippen LogP contribution in [0.5, 0.6) is 0 Å². The third-order valence-electron chi connectivity index (χ3n) is 1.98. The normalized spacial score (nSPS) is 10.1. The fraction of sp³-hybridized carbons (Fsp3) is 0.0833. The van der Waals surface area contributed by atoms with E-state index >= 15 is 0 Å². The molecule has 0 atom stereocenters. The van der Waals surface area contributed by atoms with Crippen molar-refractivity contribution in [1.82, 2.24) is 0 Å². The Morgan fingerprint density at radius 3 is 2.93 bits per heavy atom. The van der Waals surface area contributed by atoms with Gasteiger partial charge in [-0.15, -0.1) is 0 Å². The maximum Gasteiger partial charge on any atom is 0.221 e. The minimum Gasteiger partial charge on any atom is -0.326 e. The molecule has 0 aliphatic rings. The Balaban J connectivity index is 2.46. The summed E-state index contributed by atoms with van der Waals surface area (Å²) < 4.78 is 0. The van der Waals surface area contributed by atoms with Crippen LogP contribution in [0.25, 0.3) is 10.8 Å². The summed E-state index contributed by atoms with van der Waals surface area (Å²) in [6.45, 7) is 1.50. The summed E-state index contributed by atoms with van der Waals surface area (Å²) >= 11 is 0. The van der Waals surface area contributed by atoms with E-state index in [9.17, 15) is 4.79 Å². The van der Waals surface area contributed by atoms with Crippen molar-refractivity contribution in [2.75, 3.05) is 5.32 Å². The molecule has 0 bridgehead atoms. The van der Waals surface area contributed by atoms with Crippen LogP contribution < -0.4 is 5.32 Å². The molecule has 69 valence electrons. The molecule has 0 spiro atoms. The first-order valence-corrected chi connectivity index (χ1v) is 4.44. The van der Waals surface area contributed by atoms with Gasteiger partial charge in [0.2, 0.25) is 5.91 Å². The quantitative estimate of drug-likeness (QED) is 0.725. The highest BCUT2D eigenvalue weighted by molar-refractivity contribution is 5.92. The standard InChI is InChI=1S/C12H10NO/c1-9(14)13-12-7-6-10-4-2-3-5-11(10)8-12/h2-5,7-8H,1H3,(H,13,14). The molecular weight excluding hydrogens is 174 g/mol. The molecule has 1 amide bonds. The van der Waals surface area contributed by atoms with Crippen molar-refractivity contribution in [3.05, 3.63) is 42.5 Å². The van der Waals surface area contributed by atoms with Crippen LogP contribution in [0.2, 0.25) is 0 Å². The Labute approximate surface area is 82.6 Å². The number of amides is 1. The molecule has 0 aliphatic carbocycles. The monoisotopic (exact) mass is 184 g/mol. The Hall–Kier alpha value is -1.83. The van der Waals surface area contributed by atoms with Gasteiger partial charge in [0, 0.05) is 12.6 Å². The molecule has 0 fully saturated rings. The lowest BCUT2D eigenvalue weighted by atomic mass is 10.1. The van der Waals surface area contributed by atoms with E-state index in [0.29, 0.717) is 0 Å². The maximum absolute atomic E-state index is 10.8. The molecule has 0 saturated heterocycles. The van der Waals surface area contributed by atoms with Crippen molar-refractivity contribution in [3.63, 3.8) is 0 Å². The highest BCUT2D eigenvalue weighted by atomic mass is 16.1. The topological polar surface area (TPSA) is 29.1 Å². The van der Waals surface area contributed by atoms with Crippen LogP contribution in [0.15, 0.2) is 36.4 Å². The molecule has 0 saturated carbocycles. The van der Waals surface area contributed by atoms with Gasteiger partial charge in [-0.25, -0.2) is 0 Å². The highest BCUT2D eigenvalue weighted by Crippen LogP contribution is 2.17. The predicted octanol–water partition coefficient (Wildman–Crippen LogP) is 2.60. The molecule has 0 aliphatic heterocycles. The first kappa shape index (κ1) is 8.75. The molecule has 14 heavy (non-hydrogen) atoms. The van der Waals surface area contributed by atoms with E-state index in [1.54, 1.807) is 6.07 Å². The van der Waals surface area contributed by atoms with Crippen molar-refractivity contribution in [2.45, 2.75) is 6.92 Å². The molecule has 2 rings (SSSR count). The summed E-state index contributed by atoms with van der Waals surface area (Å²) in [6, 6.07) is 14.8. The minimum atomic E-state index is -0.0614. The first-order valence-electron chi connectivity index (χ1n) is 4.44. The van der Waals surface area contributed by atoms with E-state index in [0.717, 1.165) is 16.5 Å². The van der Waals surface area contributed by atoms with Crippen LogP contribution in [-0.4, -0.2) is 5.91 Å². The Morgan fingerprint density at radius 2 is 2.14 bits per heavy atom. The van der Waals surface area contributed by atoms with Gasteiger partial charge in [-0.2, -0.15) is 0 Å². The molecule has 1 radical (unpaired) electrons. The zero-order chi connectivity index (χ0) is 9.97. The van der Waals surface area contributed by atoms with Crippen molar-refractivity contribution in [1.29, 1.82) is 0 Å². The number of hydrogen-bond donors (Lipinski definition) is 1. The average Bonchev–Trinajstić information content (AvgIpc) is 2.17. The number of fused-ring (bicyclic) bond motifs is 1. The number of carbonyl (C=O) groups is 1. The van der Waals surface area contributed by atoms with Gasteiger partial charge in [0.05, 0.1) is 0 Å². The summed E-state index contributed by atoms with van der Waals surface area (Å²) in [6.07, 6.45) is 0. The van der Waals surface area contributed by atoms with Gasteiger partial charge in [0.15, 0.2) is 0 Å². The molecule has 1 N–H and O–H groups in total. The minimum absolute atomic E-state index is 0.0614. The van der Waals surface area contributed by atoms with Gasteiger partial charge in [-0.05, 0) is 29.0 Å². The first-order chi connectivity index (χ1) is 6.75. The lowest BCUT2D eigenvalue weighted by Gasteiger charge is -2.02. The second kappa shape index (κ2) is 3.50. The molecule has 0 unspecified atom stereocenters. The molecule has 2 nitrogen and oxygen atoms in total. The molecule has 2 aromatic rings. The smallest absolute Gasteiger partial charge is 0.221 e. The summed E-state index contributed by atoms with van der Waals surface area (Å²) in [7, 11) is 0. The van der Waals surface area contributed by atoms with Crippen LogP contribution in [-0.2, 0) is 4.79 Å². The Kier molecular flexibility index (Phi) is 2.19. The van der Waals surface area contributed by atoms with Crippen LogP contribution in [0.1, 0.15) is 6.92 Å². The van der Waals surface area contributed by atoms with Gasteiger partial charge >= 0.3 is 0 Å². The van der Waals surface area contributed by atoms with Gasteiger partial charge in [0.1, 0.15) is 0 Å². The van der Waals surface area contributed by atoms with E-state index < -0.39 is 0 Å². The fourth-order valence-electron chi connectivity index (χ4n) is 1.39. The van der Waals surface area contributed by atoms with E-state index in [2.05, 4.69) is 11.4 Å². The number of nitrogens with one attached hydrogen (secondary N) is 1. The van der Waals surface area contributed by atoms with Crippen molar-refractivity contribution in [3.8, 4) is 0 Å². The summed E-state index contributed by atoms with van der Waals surface area (Å²) in [5, 5.41) is 4.87. The van der Waals surface area contributed by atoms with Crippen molar-refractivity contribution >= 4 is 22.4 Å². The molecule has 2 aromatic carbocycles. The number of hydrogen-bond acceptors (Lipinski definition) is 1. The maximum atomic E-state index is 10.8. The second-order valence-electron chi connectivity index (χ2n) is 3.16. The fourth-order valence-corrected chi connectivity index (χ4v) is 1.39. The van der Waals surface area contributed by atoms with E-state index in [4.69, 9.17) is 0 Å². The summed E-state index contributed by atoms with van der Waals surface area (Å²) in [4.78, 5) is 10.8. The number of rotatable bonds is 1. The number of carbonyl (C=O) groups excluding carboxylic acids is 1. The van der Waals surface area contributed by atoms with Gasteiger partial charge < -0.3 is 5.32 Å². The van der Waals surface area contributed by atoms with E-state index in [-0.39, 0.29) is 5.91 Å². The molecule has 0 aromatic heterocycles. The zero-order valence-corrected chi connectivity index (χ0v) is 7.87. The molecular formula is C12H10NO. The van der Waals surface area contributed by atoms with Crippen LogP contribution in [0, 0.1) is 6.07 Å². The van der Waals surface area contributed by atoms with E-state index in [1.807, 2.05) is 30.3 Å². The Bertz CT molecular complexity index is 476. The lowest BCUT2D eigenvalue weighted by Crippen LogP contribution is -2.05. The van der Waals surface area contributed by atoms with Gasteiger partial charge in [0.25, 0.3) is 0 Å². The zero-order valence-electron chi connectivity index (χ0n) is 7.87. The third-order valence-corrected chi connectivity index (χ3v) is 1.98. The average molecular weight is 184 g/mol. The molecule has 0 heterocycles.